The molecule has 0 heterocycles. The number of hydrogen-bond acceptors (Lipinski definition) is 3. The zero-order chi connectivity index (χ0) is 11.6. The summed E-state index contributed by atoms with van der Waals surface area (Å²) in [6.07, 6.45) is 0. The van der Waals surface area contributed by atoms with E-state index in [9.17, 15) is 14.9 Å². The van der Waals surface area contributed by atoms with Gasteiger partial charge in [-0.3, -0.25) is 14.9 Å². The SMILES string of the molecule is O=C(CBr)c1c(Cl)cc(I)cc1[N+](=O)[O-]. The Morgan fingerprint density at radius 2 is 2.20 bits per heavy atom. The fraction of sp³-hybridized carbons (Fsp3) is 0.125. The molecule has 1 rings (SSSR count). The number of hydrogen-bond donors (Lipinski definition) is 0. The molecule has 0 saturated carbocycles. The molecule has 0 fully saturated rings. The lowest BCUT2D eigenvalue weighted by Crippen LogP contribution is -2.06. The molecule has 0 saturated heterocycles. The monoisotopic (exact) mass is 403 g/mol. The first-order chi connectivity index (χ1) is 6.97. The van der Waals surface area contributed by atoms with Crippen LogP contribution in [0.15, 0.2) is 12.1 Å². The highest BCUT2D eigenvalue weighted by Crippen LogP contribution is 2.29. The van der Waals surface area contributed by atoms with Crippen molar-refractivity contribution in [3.63, 3.8) is 0 Å². The Morgan fingerprint density at radius 3 is 2.67 bits per heavy atom. The van der Waals surface area contributed by atoms with Gasteiger partial charge in [-0.1, -0.05) is 27.5 Å². The fourth-order valence-corrected chi connectivity index (χ4v) is 2.44. The van der Waals surface area contributed by atoms with Gasteiger partial charge in [0.1, 0.15) is 5.56 Å². The molecule has 0 unspecified atom stereocenters. The van der Waals surface area contributed by atoms with Crippen molar-refractivity contribution in [2.24, 2.45) is 0 Å². The van der Waals surface area contributed by atoms with E-state index in [2.05, 4.69) is 15.9 Å². The van der Waals surface area contributed by atoms with Gasteiger partial charge >= 0.3 is 0 Å². The van der Waals surface area contributed by atoms with Crippen LogP contribution in [0.4, 0.5) is 5.69 Å². The van der Waals surface area contributed by atoms with Crippen molar-refractivity contribution >= 4 is 61.6 Å². The Bertz CT molecular complexity index is 438. The third-order valence-electron chi connectivity index (χ3n) is 1.63. The van der Waals surface area contributed by atoms with Crippen LogP contribution in [0, 0.1) is 13.7 Å². The van der Waals surface area contributed by atoms with E-state index in [1.807, 2.05) is 22.6 Å². The Kier molecular flexibility index (Phi) is 4.47. The quantitative estimate of drug-likeness (QED) is 0.255. The minimum atomic E-state index is -0.607. The maximum atomic E-state index is 11.4. The van der Waals surface area contributed by atoms with E-state index >= 15 is 0 Å². The molecule has 0 atom stereocenters. The van der Waals surface area contributed by atoms with Gasteiger partial charge in [0, 0.05) is 9.64 Å². The number of nitro benzene ring substituents is 1. The predicted octanol–water partition coefficient (Wildman–Crippen LogP) is 3.43. The van der Waals surface area contributed by atoms with Crippen LogP contribution in [-0.4, -0.2) is 16.0 Å². The maximum absolute atomic E-state index is 11.4. The standard InChI is InChI=1S/C8H4BrClINO3/c9-3-7(13)8-5(10)1-4(11)2-6(8)12(14)15/h1-2H,3H2. The maximum Gasteiger partial charge on any atom is 0.282 e. The normalized spacial score (nSPS) is 10.1. The van der Waals surface area contributed by atoms with E-state index in [1.165, 1.54) is 12.1 Å². The highest BCUT2D eigenvalue weighted by molar-refractivity contribution is 14.1. The van der Waals surface area contributed by atoms with Gasteiger partial charge in [0.15, 0.2) is 5.78 Å². The van der Waals surface area contributed by atoms with Crippen LogP contribution in [0.3, 0.4) is 0 Å². The molecule has 80 valence electrons. The Labute approximate surface area is 112 Å². The first kappa shape index (κ1) is 12.9. The fourth-order valence-electron chi connectivity index (χ4n) is 1.05. The van der Waals surface area contributed by atoms with Crippen LogP contribution in [0.25, 0.3) is 0 Å². The van der Waals surface area contributed by atoms with Crippen LogP contribution in [-0.2, 0) is 0 Å². The first-order valence-corrected chi connectivity index (χ1v) is 6.27. The van der Waals surface area contributed by atoms with Gasteiger partial charge in [-0.05, 0) is 28.7 Å². The lowest BCUT2D eigenvalue weighted by Gasteiger charge is -2.03. The summed E-state index contributed by atoms with van der Waals surface area (Å²) in [7, 11) is 0. The summed E-state index contributed by atoms with van der Waals surface area (Å²) in [5.74, 6) is -0.400. The number of alkyl halides is 1. The Morgan fingerprint density at radius 1 is 1.60 bits per heavy atom. The highest BCUT2D eigenvalue weighted by atomic mass is 127. The van der Waals surface area contributed by atoms with Crippen LogP contribution in [0.5, 0.6) is 0 Å². The lowest BCUT2D eigenvalue weighted by molar-refractivity contribution is -0.385. The molecule has 0 radical (unpaired) electrons. The van der Waals surface area contributed by atoms with E-state index in [0.717, 1.165) is 0 Å². The minimum absolute atomic E-state index is 0.00809. The summed E-state index contributed by atoms with van der Waals surface area (Å²) in [6.45, 7) is 0. The van der Waals surface area contributed by atoms with Gasteiger partial charge in [0.25, 0.3) is 5.69 Å². The molecule has 0 aliphatic heterocycles. The molecule has 0 aromatic heterocycles. The number of carbonyl (C=O) groups is 1. The minimum Gasteiger partial charge on any atom is -0.293 e. The van der Waals surface area contributed by atoms with E-state index in [-0.39, 0.29) is 21.6 Å². The van der Waals surface area contributed by atoms with Crippen molar-refractivity contribution in [3.8, 4) is 0 Å². The van der Waals surface area contributed by atoms with Gasteiger partial charge in [0.2, 0.25) is 0 Å². The molecule has 0 spiro atoms. The predicted molar refractivity (Wildman–Crippen MR) is 68.9 cm³/mol. The molecule has 0 aliphatic rings. The summed E-state index contributed by atoms with van der Waals surface area (Å²) in [6, 6.07) is 2.84. The van der Waals surface area contributed by atoms with E-state index < -0.39 is 10.7 Å². The van der Waals surface area contributed by atoms with Crippen molar-refractivity contribution in [3.05, 3.63) is 36.4 Å². The van der Waals surface area contributed by atoms with Crippen LogP contribution in [0.2, 0.25) is 5.02 Å². The number of Topliss-reactive ketones (excluding diaryl/α,β-unsaturated/α-hetero) is 1. The first-order valence-electron chi connectivity index (χ1n) is 3.70. The van der Waals surface area contributed by atoms with Gasteiger partial charge in [-0.15, -0.1) is 0 Å². The number of ketones is 1. The van der Waals surface area contributed by atoms with Crippen molar-refractivity contribution in [1.29, 1.82) is 0 Å². The number of nitrogens with zero attached hydrogens (tertiary/aromatic N) is 1. The van der Waals surface area contributed by atoms with Crippen molar-refractivity contribution in [2.75, 3.05) is 5.33 Å². The Hall–Kier alpha value is -0.210. The van der Waals surface area contributed by atoms with Crippen LogP contribution >= 0.6 is 50.1 Å². The average molecular weight is 404 g/mol. The van der Waals surface area contributed by atoms with E-state index in [0.29, 0.717) is 3.57 Å². The summed E-state index contributed by atoms with van der Waals surface area (Å²) in [5.41, 5.74) is -0.296. The second-order valence-electron chi connectivity index (χ2n) is 2.60. The van der Waals surface area contributed by atoms with E-state index in [1.54, 1.807) is 0 Å². The molecule has 1 aromatic rings. The second kappa shape index (κ2) is 5.22. The molecule has 15 heavy (non-hydrogen) atoms. The topological polar surface area (TPSA) is 60.2 Å². The lowest BCUT2D eigenvalue weighted by atomic mass is 10.1. The zero-order valence-corrected chi connectivity index (χ0v) is 11.7. The number of rotatable bonds is 3. The second-order valence-corrected chi connectivity index (χ2v) is 4.81. The summed E-state index contributed by atoms with van der Waals surface area (Å²) in [5, 5.41) is 10.8. The van der Waals surface area contributed by atoms with Gasteiger partial charge < -0.3 is 0 Å². The molecular formula is C8H4BrClINO3. The largest absolute Gasteiger partial charge is 0.293 e. The summed E-state index contributed by atoms with van der Waals surface area (Å²) in [4.78, 5) is 21.5. The number of carbonyl (C=O) groups excluding carboxylic acids is 1. The third kappa shape index (κ3) is 2.88. The molecule has 1 aromatic carbocycles. The van der Waals surface area contributed by atoms with Crippen LogP contribution in [0.1, 0.15) is 10.4 Å². The van der Waals surface area contributed by atoms with Gasteiger partial charge in [-0.2, -0.15) is 0 Å². The van der Waals surface area contributed by atoms with E-state index in [4.69, 9.17) is 11.6 Å². The number of nitro groups is 1. The van der Waals surface area contributed by atoms with Crippen molar-refractivity contribution in [2.45, 2.75) is 0 Å². The molecule has 4 nitrogen and oxygen atoms in total. The average Bonchev–Trinajstić information content (AvgIpc) is 2.15. The molecule has 0 amide bonds. The van der Waals surface area contributed by atoms with Gasteiger partial charge in [-0.25, -0.2) is 0 Å². The molecule has 0 bridgehead atoms. The highest BCUT2D eigenvalue weighted by Gasteiger charge is 2.23. The molecule has 7 heteroatoms. The third-order valence-corrected chi connectivity index (χ3v) is 3.06. The number of benzene rings is 1. The smallest absolute Gasteiger partial charge is 0.282 e. The van der Waals surface area contributed by atoms with Crippen molar-refractivity contribution < 1.29 is 9.72 Å². The molecular weight excluding hydrogens is 400 g/mol. The van der Waals surface area contributed by atoms with Crippen LogP contribution < -0.4 is 0 Å². The number of halogens is 3. The Balaban J connectivity index is 3.46. The molecule has 0 N–H and O–H groups in total. The summed E-state index contributed by atoms with van der Waals surface area (Å²) >= 11 is 10.7. The van der Waals surface area contributed by atoms with Crippen molar-refractivity contribution in [1.82, 2.24) is 0 Å². The van der Waals surface area contributed by atoms with Gasteiger partial charge in [0.05, 0.1) is 15.3 Å². The molecule has 0 aliphatic carbocycles. The zero-order valence-electron chi connectivity index (χ0n) is 7.17. The summed E-state index contributed by atoms with van der Waals surface area (Å²) < 4.78 is 0.621.